The largest absolute Gasteiger partial charge is 0.383 e. The Morgan fingerprint density at radius 1 is 1.25 bits per heavy atom. The molecule has 0 spiro atoms. The van der Waals surface area contributed by atoms with Crippen molar-refractivity contribution in [1.82, 2.24) is 4.90 Å². The summed E-state index contributed by atoms with van der Waals surface area (Å²) < 4.78 is 5.15. The SMILES string of the molecule is CCC(CC)N(CCOC)C(=O)C(CN)CC(C)(C)C. The Kier molecular flexibility index (Phi) is 9.06. The molecule has 0 aliphatic carbocycles. The summed E-state index contributed by atoms with van der Waals surface area (Å²) >= 11 is 0. The lowest BCUT2D eigenvalue weighted by molar-refractivity contribution is -0.139. The average Bonchev–Trinajstić information content (AvgIpc) is 2.39. The van der Waals surface area contributed by atoms with Gasteiger partial charge in [-0.1, -0.05) is 34.6 Å². The highest BCUT2D eigenvalue weighted by Crippen LogP contribution is 2.26. The first-order chi connectivity index (χ1) is 9.30. The molecule has 0 aliphatic heterocycles. The summed E-state index contributed by atoms with van der Waals surface area (Å²) in [4.78, 5) is 14.8. The zero-order chi connectivity index (χ0) is 15.8. The molecule has 0 rings (SSSR count). The molecule has 0 aliphatic rings. The lowest BCUT2D eigenvalue weighted by Crippen LogP contribution is -2.47. The van der Waals surface area contributed by atoms with Crippen molar-refractivity contribution in [3.05, 3.63) is 0 Å². The molecule has 0 aromatic rings. The van der Waals surface area contributed by atoms with E-state index in [0.717, 1.165) is 19.3 Å². The van der Waals surface area contributed by atoms with E-state index in [0.29, 0.717) is 19.7 Å². The number of rotatable bonds is 9. The molecule has 2 N–H and O–H groups in total. The van der Waals surface area contributed by atoms with Crippen LogP contribution in [0.3, 0.4) is 0 Å². The second-order valence-electron chi connectivity index (χ2n) is 6.69. The van der Waals surface area contributed by atoms with Crippen molar-refractivity contribution in [2.24, 2.45) is 17.1 Å². The van der Waals surface area contributed by atoms with E-state index < -0.39 is 0 Å². The van der Waals surface area contributed by atoms with Crippen LogP contribution in [-0.4, -0.2) is 43.7 Å². The summed E-state index contributed by atoms with van der Waals surface area (Å²) in [6.45, 7) is 12.4. The topological polar surface area (TPSA) is 55.6 Å². The molecular weight excluding hydrogens is 252 g/mol. The van der Waals surface area contributed by atoms with E-state index >= 15 is 0 Å². The predicted octanol–water partition coefficient (Wildman–Crippen LogP) is 2.66. The molecule has 20 heavy (non-hydrogen) atoms. The third kappa shape index (κ3) is 6.71. The molecule has 4 nitrogen and oxygen atoms in total. The molecular formula is C16H34N2O2. The van der Waals surface area contributed by atoms with Gasteiger partial charge in [-0.15, -0.1) is 0 Å². The van der Waals surface area contributed by atoms with Crippen molar-refractivity contribution in [3.63, 3.8) is 0 Å². The minimum atomic E-state index is -0.0903. The highest BCUT2D eigenvalue weighted by molar-refractivity contribution is 5.79. The molecule has 0 fully saturated rings. The van der Waals surface area contributed by atoms with Crippen LogP contribution in [0.5, 0.6) is 0 Å². The average molecular weight is 286 g/mol. The fourth-order valence-electron chi connectivity index (χ4n) is 2.64. The van der Waals surface area contributed by atoms with Crippen LogP contribution in [0.15, 0.2) is 0 Å². The van der Waals surface area contributed by atoms with Gasteiger partial charge in [0.15, 0.2) is 0 Å². The lowest BCUT2D eigenvalue weighted by atomic mass is 9.83. The van der Waals surface area contributed by atoms with E-state index in [-0.39, 0.29) is 23.3 Å². The number of hydrogen-bond donors (Lipinski definition) is 1. The number of carbonyl (C=O) groups excluding carboxylic acids is 1. The third-order valence-electron chi connectivity index (χ3n) is 3.70. The molecule has 0 heterocycles. The zero-order valence-electron chi connectivity index (χ0n) is 14.2. The molecule has 1 unspecified atom stereocenters. The van der Waals surface area contributed by atoms with Gasteiger partial charge in [-0.3, -0.25) is 4.79 Å². The van der Waals surface area contributed by atoms with E-state index in [1.165, 1.54) is 0 Å². The van der Waals surface area contributed by atoms with E-state index in [1.54, 1.807) is 7.11 Å². The summed E-state index contributed by atoms with van der Waals surface area (Å²) in [7, 11) is 1.67. The van der Waals surface area contributed by atoms with Crippen molar-refractivity contribution in [2.45, 2.75) is 59.9 Å². The van der Waals surface area contributed by atoms with Crippen molar-refractivity contribution in [2.75, 3.05) is 26.8 Å². The van der Waals surface area contributed by atoms with Gasteiger partial charge in [0, 0.05) is 26.2 Å². The maximum absolute atomic E-state index is 12.8. The van der Waals surface area contributed by atoms with E-state index in [4.69, 9.17) is 10.5 Å². The molecule has 4 heteroatoms. The Morgan fingerprint density at radius 3 is 2.15 bits per heavy atom. The van der Waals surface area contributed by atoms with Crippen LogP contribution in [0.25, 0.3) is 0 Å². The number of methoxy groups -OCH3 is 1. The molecule has 0 bridgehead atoms. The standard InChI is InChI=1S/C16H34N2O2/c1-7-14(8-2)18(9-10-20-6)15(19)13(12-17)11-16(3,4)5/h13-14H,7-12,17H2,1-6H3. The van der Waals surface area contributed by atoms with Crippen molar-refractivity contribution >= 4 is 5.91 Å². The van der Waals surface area contributed by atoms with Gasteiger partial charge in [-0.05, 0) is 24.7 Å². The van der Waals surface area contributed by atoms with E-state index in [2.05, 4.69) is 34.6 Å². The van der Waals surface area contributed by atoms with Gasteiger partial charge < -0.3 is 15.4 Å². The summed E-state index contributed by atoms with van der Waals surface area (Å²) in [5.74, 6) is 0.0978. The fourth-order valence-corrected chi connectivity index (χ4v) is 2.64. The molecule has 0 radical (unpaired) electrons. The van der Waals surface area contributed by atoms with Gasteiger partial charge in [-0.25, -0.2) is 0 Å². The lowest BCUT2D eigenvalue weighted by Gasteiger charge is -2.35. The molecule has 0 aromatic carbocycles. The molecule has 1 atom stereocenters. The number of hydrogen-bond acceptors (Lipinski definition) is 3. The maximum atomic E-state index is 12.8. The van der Waals surface area contributed by atoms with Gasteiger partial charge in [0.2, 0.25) is 5.91 Å². The second kappa shape index (κ2) is 9.35. The number of carbonyl (C=O) groups is 1. The number of nitrogens with two attached hydrogens (primary N) is 1. The summed E-state index contributed by atoms with van der Waals surface area (Å²) in [5, 5.41) is 0. The quantitative estimate of drug-likeness (QED) is 0.709. The van der Waals surface area contributed by atoms with Gasteiger partial charge in [-0.2, -0.15) is 0 Å². The third-order valence-corrected chi connectivity index (χ3v) is 3.70. The Hall–Kier alpha value is -0.610. The van der Waals surface area contributed by atoms with Crippen LogP contribution in [-0.2, 0) is 9.53 Å². The van der Waals surface area contributed by atoms with Crippen LogP contribution in [0.2, 0.25) is 0 Å². The number of ether oxygens (including phenoxy) is 1. The molecule has 120 valence electrons. The van der Waals surface area contributed by atoms with Crippen LogP contribution >= 0.6 is 0 Å². The predicted molar refractivity (Wildman–Crippen MR) is 84.6 cm³/mol. The number of amides is 1. The summed E-state index contributed by atoms with van der Waals surface area (Å²) in [6, 6.07) is 0.284. The maximum Gasteiger partial charge on any atom is 0.227 e. The Morgan fingerprint density at radius 2 is 1.80 bits per heavy atom. The Bertz CT molecular complexity index is 270. The smallest absolute Gasteiger partial charge is 0.227 e. The van der Waals surface area contributed by atoms with Crippen LogP contribution in [0.1, 0.15) is 53.9 Å². The van der Waals surface area contributed by atoms with Crippen LogP contribution in [0, 0.1) is 11.3 Å². The first-order valence-corrected chi connectivity index (χ1v) is 7.80. The fraction of sp³-hybridized carbons (Fsp3) is 0.938. The monoisotopic (exact) mass is 286 g/mol. The normalized spacial score (nSPS) is 13.6. The van der Waals surface area contributed by atoms with Gasteiger partial charge in [0.25, 0.3) is 0 Å². The van der Waals surface area contributed by atoms with Crippen molar-refractivity contribution in [3.8, 4) is 0 Å². The van der Waals surface area contributed by atoms with Gasteiger partial charge >= 0.3 is 0 Å². The Labute approximate surface area is 125 Å². The highest BCUT2D eigenvalue weighted by Gasteiger charge is 2.30. The first kappa shape index (κ1) is 19.4. The van der Waals surface area contributed by atoms with Crippen molar-refractivity contribution < 1.29 is 9.53 Å². The van der Waals surface area contributed by atoms with Gasteiger partial charge in [0.1, 0.15) is 0 Å². The molecule has 0 aromatic heterocycles. The summed E-state index contributed by atoms with van der Waals surface area (Å²) in [6.07, 6.45) is 2.77. The van der Waals surface area contributed by atoms with Crippen LogP contribution in [0.4, 0.5) is 0 Å². The molecule has 0 saturated heterocycles. The van der Waals surface area contributed by atoms with Crippen LogP contribution < -0.4 is 5.73 Å². The minimum absolute atomic E-state index is 0.0903. The molecule has 0 saturated carbocycles. The van der Waals surface area contributed by atoms with Crippen molar-refractivity contribution in [1.29, 1.82) is 0 Å². The number of nitrogens with zero attached hydrogens (tertiary/aromatic N) is 1. The Balaban J connectivity index is 4.97. The zero-order valence-corrected chi connectivity index (χ0v) is 14.2. The van der Waals surface area contributed by atoms with E-state index in [9.17, 15) is 4.79 Å². The van der Waals surface area contributed by atoms with Gasteiger partial charge in [0.05, 0.1) is 12.5 Å². The minimum Gasteiger partial charge on any atom is -0.383 e. The molecule has 1 amide bonds. The first-order valence-electron chi connectivity index (χ1n) is 7.80. The highest BCUT2D eigenvalue weighted by atomic mass is 16.5. The summed E-state index contributed by atoms with van der Waals surface area (Å²) in [5.41, 5.74) is 5.96. The van der Waals surface area contributed by atoms with E-state index in [1.807, 2.05) is 4.90 Å². The second-order valence-corrected chi connectivity index (χ2v) is 6.69.